The first-order valence-corrected chi connectivity index (χ1v) is 6.67. The van der Waals surface area contributed by atoms with E-state index in [1.807, 2.05) is 6.92 Å². The highest BCUT2D eigenvalue weighted by atomic mass is 16.5. The maximum Gasteiger partial charge on any atom is 0.258 e. The molecule has 21 heavy (non-hydrogen) atoms. The zero-order chi connectivity index (χ0) is 15.4. The number of nitrogens with zero attached hydrogens (tertiary/aromatic N) is 3. The molecule has 2 heterocycles. The second kappa shape index (κ2) is 6.30. The van der Waals surface area contributed by atoms with Crippen LogP contribution in [0, 0.1) is 0 Å². The van der Waals surface area contributed by atoms with Gasteiger partial charge in [-0.05, 0) is 18.6 Å². The van der Waals surface area contributed by atoms with E-state index in [1.165, 1.54) is 4.90 Å². The van der Waals surface area contributed by atoms with Crippen molar-refractivity contribution in [1.29, 1.82) is 0 Å². The monoisotopic (exact) mass is 287 g/mol. The molecule has 0 saturated heterocycles. The van der Waals surface area contributed by atoms with Gasteiger partial charge in [0.05, 0.1) is 12.1 Å². The third kappa shape index (κ3) is 3.16. The summed E-state index contributed by atoms with van der Waals surface area (Å²) in [5.74, 6) is -0.125. The summed E-state index contributed by atoms with van der Waals surface area (Å²) in [4.78, 5) is 29.9. The first kappa shape index (κ1) is 14.9. The van der Waals surface area contributed by atoms with Crippen LogP contribution in [0.25, 0.3) is 0 Å². The Morgan fingerprint density at radius 3 is 2.62 bits per heavy atom. The van der Waals surface area contributed by atoms with Crippen LogP contribution in [-0.2, 0) is 12.8 Å². The SMILES string of the molecule is CCc1noc(CC(=O)c2ccccn2)c1C(=O)N(C)C. The molecule has 2 rings (SSSR count). The zero-order valence-corrected chi connectivity index (χ0v) is 12.3. The summed E-state index contributed by atoms with van der Waals surface area (Å²) in [5.41, 5.74) is 1.29. The van der Waals surface area contributed by atoms with E-state index in [2.05, 4.69) is 10.1 Å². The Bertz CT molecular complexity index is 647. The summed E-state index contributed by atoms with van der Waals surface area (Å²) in [6.07, 6.45) is 2.09. The molecule has 0 aromatic carbocycles. The second-order valence-electron chi connectivity index (χ2n) is 4.80. The van der Waals surface area contributed by atoms with Crippen LogP contribution in [-0.4, -0.2) is 40.8 Å². The van der Waals surface area contributed by atoms with Crippen LogP contribution in [0.4, 0.5) is 0 Å². The summed E-state index contributed by atoms with van der Waals surface area (Å²) in [6.45, 7) is 1.88. The van der Waals surface area contributed by atoms with Gasteiger partial charge < -0.3 is 9.42 Å². The van der Waals surface area contributed by atoms with Gasteiger partial charge >= 0.3 is 0 Å². The van der Waals surface area contributed by atoms with Crippen molar-refractivity contribution in [3.05, 3.63) is 47.1 Å². The average molecular weight is 287 g/mol. The van der Waals surface area contributed by atoms with Gasteiger partial charge in [-0.15, -0.1) is 0 Å². The lowest BCUT2D eigenvalue weighted by Crippen LogP contribution is -2.24. The molecule has 2 aromatic heterocycles. The van der Waals surface area contributed by atoms with Crippen molar-refractivity contribution < 1.29 is 14.1 Å². The number of ketones is 1. The number of aromatic nitrogens is 2. The molecule has 6 heteroatoms. The fourth-order valence-corrected chi connectivity index (χ4v) is 1.95. The normalized spacial score (nSPS) is 10.4. The minimum atomic E-state index is -0.211. The highest BCUT2D eigenvalue weighted by Gasteiger charge is 2.25. The van der Waals surface area contributed by atoms with Gasteiger partial charge in [0.25, 0.3) is 5.91 Å². The van der Waals surface area contributed by atoms with Crippen LogP contribution in [0.1, 0.15) is 39.2 Å². The Morgan fingerprint density at radius 2 is 2.05 bits per heavy atom. The van der Waals surface area contributed by atoms with Crippen LogP contribution in [0.3, 0.4) is 0 Å². The standard InChI is InChI=1S/C15H17N3O3/c1-4-10-14(15(20)18(2)3)13(21-17-10)9-12(19)11-7-5-6-8-16-11/h5-8H,4,9H2,1-3H3. The molecule has 0 atom stereocenters. The molecule has 0 bridgehead atoms. The van der Waals surface area contributed by atoms with Gasteiger partial charge in [-0.2, -0.15) is 0 Å². The molecule has 1 amide bonds. The predicted octanol–water partition coefficient (Wildman–Crippen LogP) is 1.76. The van der Waals surface area contributed by atoms with Crippen LogP contribution in [0.2, 0.25) is 0 Å². The highest BCUT2D eigenvalue weighted by molar-refractivity contribution is 6.00. The molecule has 6 nitrogen and oxygen atoms in total. The number of carbonyl (C=O) groups is 2. The van der Waals surface area contributed by atoms with Gasteiger partial charge in [0.1, 0.15) is 11.3 Å². The van der Waals surface area contributed by atoms with Crippen LogP contribution < -0.4 is 0 Å². The molecule has 0 fully saturated rings. The fraction of sp³-hybridized carbons (Fsp3) is 0.333. The molecule has 2 aromatic rings. The van der Waals surface area contributed by atoms with Gasteiger partial charge in [0.15, 0.2) is 11.5 Å². The van der Waals surface area contributed by atoms with Gasteiger partial charge in [-0.1, -0.05) is 18.1 Å². The highest BCUT2D eigenvalue weighted by Crippen LogP contribution is 2.18. The Morgan fingerprint density at radius 1 is 1.29 bits per heavy atom. The van der Waals surface area contributed by atoms with Crippen molar-refractivity contribution in [2.75, 3.05) is 14.1 Å². The molecule has 0 aliphatic heterocycles. The van der Waals surface area contributed by atoms with E-state index < -0.39 is 0 Å². The summed E-state index contributed by atoms with van der Waals surface area (Å²) >= 11 is 0. The van der Waals surface area contributed by atoms with Crippen LogP contribution in [0.5, 0.6) is 0 Å². The summed E-state index contributed by atoms with van der Waals surface area (Å²) in [6, 6.07) is 5.11. The zero-order valence-electron chi connectivity index (χ0n) is 12.3. The number of pyridine rings is 1. The Balaban J connectivity index is 2.31. The number of aryl methyl sites for hydroxylation is 1. The van der Waals surface area contributed by atoms with Crippen molar-refractivity contribution in [1.82, 2.24) is 15.0 Å². The fourth-order valence-electron chi connectivity index (χ4n) is 1.95. The van der Waals surface area contributed by atoms with E-state index in [1.54, 1.807) is 38.5 Å². The van der Waals surface area contributed by atoms with E-state index >= 15 is 0 Å². The van der Waals surface area contributed by atoms with Gasteiger partial charge in [0.2, 0.25) is 0 Å². The molecule has 0 aliphatic rings. The average Bonchev–Trinajstić information content (AvgIpc) is 2.89. The Labute approximate surface area is 122 Å². The molecule has 0 radical (unpaired) electrons. The first-order valence-electron chi connectivity index (χ1n) is 6.67. The van der Waals surface area contributed by atoms with Gasteiger partial charge in [-0.3, -0.25) is 14.6 Å². The molecular formula is C15H17N3O3. The molecule has 0 spiro atoms. The maximum atomic E-state index is 12.2. The smallest absolute Gasteiger partial charge is 0.258 e. The largest absolute Gasteiger partial charge is 0.360 e. The lowest BCUT2D eigenvalue weighted by atomic mass is 10.1. The number of carbonyl (C=O) groups excluding carboxylic acids is 2. The van der Waals surface area contributed by atoms with E-state index in [0.29, 0.717) is 29.1 Å². The molecule has 110 valence electrons. The minimum Gasteiger partial charge on any atom is -0.360 e. The van der Waals surface area contributed by atoms with E-state index in [-0.39, 0.29) is 18.1 Å². The summed E-state index contributed by atoms with van der Waals surface area (Å²) < 4.78 is 5.20. The number of Topliss-reactive ketones (excluding diaryl/α,β-unsaturated/α-hetero) is 1. The molecule has 0 N–H and O–H groups in total. The lowest BCUT2D eigenvalue weighted by Gasteiger charge is -2.10. The van der Waals surface area contributed by atoms with Crippen molar-refractivity contribution in [3.63, 3.8) is 0 Å². The summed E-state index contributed by atoms with van der Waals surface area (Å²) in [7, 11) is 3.30. The Kier molecular flexibility index (Phi) is 4.47. The lowest BCUT2D eigenvalue weighted by molar-refractivity contribution is 0.0824. The van der Waals surface area contributed by atoms with Crippen molar-refractivity contribution in [2.45, 2.75) is 19.8 Å². The van der Waals surface area contributed by atoms with Crippen LogP contribution in [0.15, 0.2) is 28.9 Å². The van der Waals surface area contributed by atoms with E-state index in [9.17, 15) is 9.59 Å². The van der Waals surface area contributed by atoms with Crippen molar-refractivity contribution in [3.8, 4) is 0 Å². The number of amides is 1. The van der Waals surface area contributed by atoms with Crippen LogP contribution >= 0.6 is 0 Å². The minimum absolute atomic E-state index is 0.0288. The molecule has 0 saturated carbocycles. The van der Waals surface area contributed by atoms with E-state index in [4.69, 9.17) is 4.52 Å². The number of rotatable bonds is 5. The second-order valence-corrected chi connectivity index (χ2v) is 4.80. The van der Waals surface area contributed by atoms with Crippen molar-refractivity contribution in [2.24, 2.45) is 0 Å². The predicted molar refractivity (Wildman–Crippen MR) is 76.2 cm³/mol. The third-order valence-electron chi connectivity index (χ3n) is 3.06. The Hall–Kier alpha value is -2.50. The van der Waals surface area contributed by atoms with Gasteiger partial charge in [-0.25, -0.2) is 0 Å². The molecule has 0 unspecified atom stereocenters. The van der Waals surface area contributed by atoms with Crippen molar-refractivity contribution >= 4 is 11.7 Å². The molecular weight excluding hydrogens is 270 g/mol. The van der Waals surface area contributed by atoms with Gasteiger partial charge in [0, 0.05) is 20.3 Å². The number of hydrogen-bond donors (Lipinski definition) is 0. The number of hydrogen-bond acceptors (Lipinski definition) is 5. The van der Waals surface area contributed by atoms with E-state index in [0.717, 1.165) is 0 Å². The molecule has 0 aliphatic carbocycles. The maximum absolute atomic E-state index is 12.2. The summed E-state index contributed by atoms with van der Waals surface area (Å²) in [5, 5.41) is 3.89. The quantitative estimate of drug-likeness (QED) is 0.783. The third-order valence-corrected chi connectivity index (χ3v) is 3.06. The topological polar surface area (TPSA) is 76.3 Å². The first-order chi connectivity index (χ1) is 10.0.